The van der Waals surface area contributed by atoms with Crippen molar-refractivity contribution in [3.05, 3.63) is 34.5 Å². The minimum absolute atomic E-state index is 0.415. The van der Waals surface area contributed by atoms with Crippen LogP contribution in [0.25, 0.3) is 0 Å². The van der Waals surface area contributed by atoms with Gasteiger partial charge in [-0.25, -0.2) is 0 Å². The van der Waals surface area contributed by atoms with E-state index in [1.165, 1.54) is 11.3 Å². The van der Waals surface area contributed by atoms with E-state index in [2.05, 4.69) is 42.8 Å². The van der Waals surface area contributed by atoms with Crippen LogP contribution in [0, 0.1) is 0 Å². The molecule has 0 aliphatic rings. The summed E-state index contributed by atoms with van der Waals surface area (Å²) in [6, 6.07) is 4.25. The molecule has 0 aliphatic carbocycles. The molecule has 1 aromatic rings. The zero-order valence-electron chi connectivity index (χ0n) is 6.50. The Labute approximate surface area is 65.2 Å². The molecule has 0 atom stereocenters. The van der Waals surface area contributed by atoms with Crippen LogP contribution in [-0.2, 0) is 5.75 Å². The van der Waals surface area contributed by atoms with Crippen LogP contribution in [0.5, 0.6) is 0 Å². The maximum absolute atomic E-state index is 2.29. The Bertz CT molecular complexity index is 203. The third-order valence-electron chi connectivity index (χ3n) is 1.30. The summed E-state index contributed by atoms with van der Waals surface area (Å²) in [5, 5.41) is 4.53. The zero-order valence-corrected chi connectivity index (χ0v) is 7.32. The van der Waals surface area contributed by atoms with Crippen LogP contribution in [0.15, 0.2) is 34.5 Å². The van der Waals surface area contributed by atoms with E-state index in [1.54, 1.807) is 0 Å². The van der Waals surface area contributed by atoms with Gasteiger partial charge in [0.05, 0.1) is 0 Å². The minimum atomic E-state index is 0.415. The molecule has 0 radical (unpaired) electrons. The van der Waals surface area contributed by atoms with Crippen LogP contribution in [0.3, 0.4) is 0 Å². The van der Waals surface area contributed by atoms with E-state index in [4.69, 9.17) is 0 Å². The molecule has 1 heterocycles. The predicted molar refractivity (Wildman–Crippen MR) is 48.4 cm³/mol. The van der Waals surface area contributed by atoms with Gasteiger partial charge in [0.15, 0.2) is 0 Å². The van der Waals surface area contributed by atoms with Crippen molar-refractivity contribution in [1.29, 1.82) is 0 Å². The van der Waals surface area contributed by atoms with Crippen molar-refractivity contribution in [2.24, 2.45) is 0 Å². The molecule has 1 rings (SSSR count). The van der Waals surface area contributed by atoms with Crippen molar-refractivity contribution < 1.29 is 0 Å². The minimum Gasteiger partial charge on any atom is -0.0754 e. The molecule has 54 valence electrons. The van der Waals surface area contributed by atoms with Crippen LogP contribution in [0.2, 0.25) is 0 Å². The second kappa shape index (κ2) is 3.57. The lowest BCUT2D eigenvalue weighted by atomic mass is 10.3. The Kier molecular flexibility index (Phi) is 2.69. The molecule has 1 heteroatoms. The van der Waals surface area contributed by atoms with E-state index in [1.807, 2.05) is 0 Å². The zero-order chi connectivity index (χ0) is 7.40. The highest BCUT2D eigenvalue weighted by Gasteiger charge is 1.95. The number of hydrogen-bond acceptors (Lipinski definition) is 0. The van der Waals surface area contributed by atoms with Crippen LogP contribution >= 0.6 is 10.5 Å². The molecule has 0 saturated heterocycles. The van der Waals surface area contributed by atoms with Gasteiger partial charge in [-0.3, -0.25) is 0 Å². The topological polar surface area (TPSA) is 0 Å². The van der Waals surface area contributed by atoms with Crippen LogP contribution in [0.4, 0.5) is 0 Å². The van der Waals surface area contributed by atoms with Gasteiger partial charge in [0.25, 0.3) is 0 Å². The predicted octanol–water partition coefficient (Wildman–Crippen LogP) is 3.40. The molecule has 0 unspecified atom stereocenters. The van der Waals surface area contributed by atoms with Gasteiger partial charge in [-0.2, -0.15) is 0 Å². The first kappa shape index (κ1) is 7.55. The van der Waals surface area contributed by atoms with Crippen molar-refractivity contribution in [2.45, 2.75) is 19.6 Å². The smallest absolute Gasteiger partial charge is 0.0754 e. The monoisotopic (exact) mass is 153 g/mol. The van der Waals surface area contributed by atoms with Gasteiger partial charge in [-0.15, -0.1) is 0 Å². The summed E-state index contributed by atoms with van der Waals surface area (Å²) in [7, 11) is 0.415. The Hall–Kier alpha value is -0.560. The first-order valence-corrected chi connectivity index (χ1v) is 4.98. The Balaban J connectivity index is 2.49. The maximum atomic E-state index is 2.29. The van der Waals surface area contributed by atoms with Gasteiger partial charge in [0.2, 0.25) is 0 Å². The van der Waals surface area contributed by atoms with Crippen LogP contribution < -0.4 is 0 Å². The fraction of sp³-hybridized carbons (Fsp3) is 0.333. The molecule has 0 spiro atoms. The van der Waals surface area contributed by atoms with Gasteiger partial charge >= 0.3 is 0 Å². The summed E-state index contributed by atoms with van der Waals surface area (Å²) >= 11 is 0. The molecule has 1 aromatic heterocycles. The number of hydrogen-bond donors (Lipinski definition) is 0. The highest BCUT2D eigenvalue weighted by atomic mass is 32.2. The van der Waals surface area contributed by atoms with E-state index in [0.717, 1.165) is 0 Å². The van der Waals surface area contributed by atoms with Crippen molar-refractivity contribution in [2.75, 3.05) is 0 Å². The Morgan fingerprint density at radius 2 is 1.90 bits per heavy atom. The highest BCUT2D eigenvalue weighted by Crippen LogP contribution is 2.18. The van der Waals surface area contributed by atoms with Gasteiger partial charge in [0, 0.05) is 0 Å². The maximum Gasteiger partial charge on any atom is 0.145 e. The Morgan fingerprint density at radius 1 is 1.30 bits per heavy atom. The quantitative estimate of drug-likeness (QED) is 0.451. The lowest BCUT2D eigenvalue weighted by Crippen LogP contribution is -1.66. The van der Waals surface area contributed by atoms with Crippen LogP contribution in [0.1, 0.15) is 13.8 Å². The standard InChI is InChI=1S/C9H13S/c1-9(2)5-8-10-6-3-4-7-10/h3-7H,8H2,1-2H3/q+1. The summed E-state index contributed by atoms with van der Waals surface area (Å²) in [4.78, 5) is 0. The molecular formula is C9H13S+. The second-order valence-electron chi connectivity index (χ2n) is 2.57. The molecule has 10 heavy (non-hydrogen) atoms. The van der Waals surface area contributed by atoms with Gasteiger partial charge in [-0.05, 0) is 42.5 Å². The largest absolute Gasteiger partial charge is 0.145 e. The molecular weight excluding hydrogens is 140 g/mol. The van der Waals surface area contributed by atoms with E-state index < -0.39 is 0 Å². The summed E-state index contributed by atoms with van der Waals surface area (Å²) in [5.74, 6) is 1.19. The molecule has 0 saturated carbocycles. The SMILES string of the molecule is CC(C)=CC[s+]1cccc1. The van der Waals surface area contributed by atoms with Gasteiger partial charge in [-0.1, -0.05) is 5.57 Å². The number of allylic oxidation sites excluding steroid dienone is 2. The second-order valence-corrected chi connectivity index (χ2v) is 4.39. The number of rotatable bonds is 2. The average Bonchev–Trinajstić information content (AvgIpc) is 2.34. The van der Waals surface area contributed by atoms with Gasteiger partial charge in [0.1, 0.15) is 16.5 Å². The first-order chi connectivity index (χ1) is 4.79. The molecule has 0 nitrogen and oxygen atoms in total. The third kappa shape index (κ3) is 2.36. The molecule has 0 fully saturated rings. The summed E-state index contributed by atoms with van der Waals surface area (Å²) in [6.07, 6.45) is 2.29. The average molecular weight is 153 g/mol. The molecule has 0 aromatic carbocycles. The fourth-order valence-corrected chi connectivity index (χ4v) is 2.14. The summed E-state index contributed by atoms with van der Waals surface area (Å²) in [6.45, 7) is 4.29. The van der Waals surface area contributed by atoms with E-state index >= 15 is 0 Å². The third-order valence-corrected chi connectivity index (χ3v) is 2.87. The first-order valence-electron chi connectivity index (χ1n) is 3.46. The highest BCUT2D eigenvalue weighted by molar-refractivity contribution is 7.27. The fourth-order valence-electron chi connectivity index (χ4n) is 0.712. The lowest BCUT2D eigenvalue weighted by Gasteiger charge is -1.83. The van der Waals surface area contributed by atoms with Crippen molar-refractivity contribution in [1.82, 2.24) is 0 Å². The van der Waals surface area contributed by atoms with Crippen molar-refractivity contribution in [3.63, 3.8) is 0 Å². The Morgan fingerprint density at radius 3 is 2.40 bits per heavy atom. The molecule has 0 bridgehead atoms. The van der Waals surface area contributed by atoms with Crippen molar-refractivity contribution >= 4 is 10.5 Å². The normalized spacial score (nSPS) is 9.40. The van der Waals surface area contributed by atoms with Gasteiger partial charge < -0.3 is 0 Å². The lowest BCUT2D eigenvalue weighted by molar-refractivity contribution is 1.34. The molecule has 0 amide bonds. The molecule has 0 aliphatic heterocycles. The summed E-state index contributed by atoms with van der Waals surface area (Å²) in [5.41, 5.74) is 1.42. The van der Waals surface area contributed by atoms with E-state index in [9.17, 15) is 0 Å². The summed E-state index contributed by atoms with van der Waals surface area (Å²) < 4.78 is 0. The molecule has 0 N–H and O–H groups in total. The van der Waals surface area contributed by atoms with E-state index in [0.29, 0.717) is 10.5 Å². The van der Waals surface area contributed by atoms with E-state index in [-0.39, 0.29) is 0 Å². The number of thiophene rings is 1. The van der Waals surface area contributed by atoms with Crippen LogP contribution in [-0.4, -0.2) is 0 Å². The van der Waals surface area contributed by atoms with Crippen molar-refractivity contribution in [3.8, 4) is 0 Å².